The van der Waals surface area contributed by atoms with Gasteiger partial charge in [-0.2, -0.15) is 0 Å². The molecule has 9 heteroatoms. The van der Waals surface area contributed by atoms with Crippen molar-refractivity contribution in [1.29, 1.82) is 0 Å². The van der Waals surface area contributed by atoms with Gasteiger partial charge in [-0.05, 0) is 89.8 Å². The molecule has 2 aromatic carbocycles. The molecule has 3 rings (SSSR count). The third-order valence-electron chi connectivity index (χ3n) is 4.04. The molecule has 2 amide bonds. The number of carbonyl (C=O) groups is 2. The number of thiocarbonyl (C=S) groups is 1. The summed E-state index contributed by atoms with van der Waals surface area (Å²) < 4.78 is 25.0. The molecule has 0 radical (unpaired) electrons. The Hall–Kier alpha value is -2.53. The number of amides is 2. The van der Waals surface area contributed by atoms with Gasteiger partial charge in [0.2, 0.25) is 0 Å². The molecule has 0 aliphatic carbocycles. The molecule has 1 N–H and O–H groups in total. The first-order valence-electron chi connectivity index (χ1n) is 8.53. The van der Waals surface area contributed by atoms with Crippen LogP contribution < -0.4 is 19.7 Å². The van der Waals surface area contributed by atoms with Gasteiger partial charge < -0.3 is 9.47 Å². The largest absolute Gasteiger partial charge is 0.493 e. The molecule has 1 aliphatic heterocycles. The number of hydrogen-bond acceptors (Lipinski definition) is 5. The van der Waals surface area contributed by atoms with E-state index in [4.69, 9.17) is 21.7 Å². The monoisotopic (exact) mass is 526 g/mol. The van der Waals surface area contributed by atoms with Crippen LogP contribution in [0.2, 0.25) is 0 Å². The second kappa shape index (κ2) is 8.87. The Morgan fingerprint density at radius 2 is 1.93 bits per heavy atom. The summed E-state index contributed by atoms with van der Waals surface area (Å²) in [5.41, 5.74) is 0.830. The van der Waals surface area contributed by atoms with Crippen LogP contribution >= 0.6 is 34.8 Å². The number of benzene rings is 2. The van der Waals surface area contributed by atoms with E-state index in [-0.39, 0.29) is 10.7 Å². The number of methoxy groups -OCH3 is 1. The molecule has 0 unspecified atom stereocenters. The first-order chi connectivity index (χ1) is 13.8. The van der Waals surface area contributed by atoms with Crippen LogP contribution in [0.25, 0.3) is 6.08 Å². The number of nitrogens with one attached hydrogen (secondary N) is 1. The van der Waals surface area contributed by atoms with Crippen molar-refractivity contribution in [3.8, 4) is 11.5 Å². The minimum absolute atomic E-state index is 0.0670. The number of hydrogen-bond donors (Lipinski definition) is 1. The van der Waals surface area contributed by atoms with Crippen molar-refractivity contribution in [3.05, 3.63) is 56.9 Å². The fraction of sp³-hybridized carbons (Fsp3) is 0.150. The van der Waals surface area contributed by atoms with E-state index in [2.05, 4.69) is 27.9 Å². The maximum absolute atomic E-state index is 13.2. The van der Waals surface area contributed by atoms with Crippen molar-refractivity contribution in [2.75, 3.05) is 18.6 Å². The molecule has 0 spiro atoms. The first-order valence-corrected chi connectivity index (χ1v) is 10.0. The lowest BCUT2D eigenvalue weighted by molar-refractivity contribution is -0.122. The van der Waals surface area contributed by atoms with Crippen molar-refractivity contribution in [3.63, 3.8) is 0 Å². The van der Waals surface area contributed by atoms with E-state index in [0.29, 0.717) is 29.4 Å². The maximum Gasteiger partial charge on any atom is 0.270 e. The second-order valence-electron chi connectivity index (χ2n) is 5.90. The molecular weight excluding hydrogens is 510 g/mol. The number of anilines is 1. The van der Waals surface area contributed by atoms with Crippen LogP contribution in [0.4, 0.5) is 10.1 Å². The van der Waals surface area contributed by atoms with Gasteiger partial charge in [-0.15, -0.1) is 0 Å². The van der Waals surface area contributed by atoms with Crippen LogP contribution in [0.5, 0.6) is 11.5 Å². The van der Waals surface area contributed by atoms with Crippen LogP contribution in [0.15, 0.2) is 42.0 Å². The zero-order valence-corrected chi connectivity index (χ0v) is 18.5. The fourth-order valence-corrected chi connectivity index (χ4v) is 3.82. The van der Waals surface area contributed by atoms with Gasteiger partial charge >= 0.3 is 0 Å². The number of halogens is 2. The summed E-state index contributed by atoms with van der Waals surface area (Å²) in [6.07, 6.45) is 1.45. The van der Waals surface area contributed by atoms with Crippen LogP contribution in [-0.2, 0) is 9.59 Å². The van der Waals surface area contributed by atoms with Crippen LogP contribution in [0.1, 0.15) is 12.5 Å². The van der Waals surface area contributed by atoms with E-state index in [1.807, 2.05) is 6.92 Å². The standard InChI is InChI=1S/C20H16FIN2O4S/c1-3-28-17-15(22)9-11(10-16(17)27-2)8-14-18(25)23-20(29)24(19(14)26)13-6-4-12(21)5-7-13/h4-10H,3H2,1-2H3,(H,23,25,29)/b14-8+. The SMILES string of the molecule is CCOc1c(I)cc(/C=C2\C(=O)NC(=S)N(c3ccc(F)cc3)C2=O)cc1OC. The highest BCUT2D eigenvalue weighted by Gasteiger charge is 2.34. The summed E-state index contributed by atoms with van der Waals surface area (Å²) in [5.74, 6) is -0.583. The van der Waals surface area contributed by atoms with Gasteiger partial charge in [-0.1, -0.05) is 0 Å². The molecule has 29 heavy (non-hydrogen) atoms. The number of nitrogens with zero attached hydrogens (tertiary/aromatic N) is 1. The molecule has 1 aliphatic rings. The van der Waals surface area contributed by atoms with Crippen LogP contribution in [-0.4, -0.2) is 30.6 Å². The third-order valence-corrected chi connectivity index (χ3v) is 5.12. The molecule has 1 heterocycles. The molecule has 1 saturated heterocycles. The van der Waals surface area contributed by atoms with E-state index >= 15 is 0 Å². The van der Waals surface area contributed by atoms with Gasteiger partial charge in [0, 0.05) is 0 Å². The summed E-state index contributed by atoms with van der Waals surface area (Å²) in [5, 5.41) is 2.43. The number of rotatable bonds is 5. The molecule has 6 nitrogen and oxygen atoms in total. The lowest BCUT2D eigenvalue weighted by atomic mass is 10.1. The predicted molar refractivity (Wildman–Crippen MR) is 119 cm³/mol. The highest BCUT2D eigenvalue weighted by molar-refractivity contribution is 14.1. The van der Waals surface area contributed by atoms with Gasteiger partial charge in [0.25, 0.3) is 11.8 Å². The Morgan fingerprint density at radius 1 is 1.24 bits per heavy atom. The number of ether oxygens (including phenoxy) is 2. The normalized spacial score (nSPS) is 15.5. The fourth-order valence-electron chi connectivity index (χ4n) is 2.76. The van der Waals surface area contributed by atoms with E-state index in [9.17, 15) is 14.0 Å². The molecule has 150 valence electrons. The van der Waals surface area contributed by atoms with Gasteiger partial charge in [-0.25, -0.2) is 4.39 Å². The van der Waals surface area contributed by atoms with Gasteiger partial charge in [0.05, 0.1) is 23.0 Å². The van der Waals surface area contributed by atoms with E-state index < -0.39 is 17.6 Å². The second-order valence-corrected chi connectivity index (χ2v) is 7.45. The van der Waals surface area contributed by atoms with Crippen molar-refractivity contribution < 1.29 is 23.5 Å². The Balaban J connectivity index is 2.02. The summed E-state index contributed by atoms with van der Waals surface area (Å²) in [6.45, 7) is 2.33. The number of carbonyl (C=O) groups excluding carboxylic acids is 2. The summed E-state index contributed by atoms with van der Waals surface area (Å²) in [7, 11) is 1.51. The summed E-state index contributed by atoms with van der Waals surface area (Å²) in [4.78, 5) is 26.6. The molecular formula is C20H16FIN2O4S. The topological polar surface area (TPSA) is 67.9 Å². The maximum atomic E-state index is 13.2. The minimum Gasteiger partial charge on any atom is -0.493 e. The lowest BCUT2D eigenvalue weighted by Gasteiger charge is -2.29. The zero-order chi connectivity index (χ0) is 21.1. The zero-order valence-electron chi connectivity index (χ0n) is 15.5. The van der Waals surface area contributed by atoms with E-state index in [1.165, 1.54) is 37.5 Å². The predicted octanol–water partition coefficient (Wildman–Crippen LogP) is 3.67. The molecule has 0 saturated carbocycles. The third kappa shape index (κ3) is 4.40. The summed E-state index contributed by atoms with van der Waals surface area (Å²) >= 11 is 7.23. The minimum atomic E-state index is -0.610. The summed E-state index contributed by atoms with van der Waals surface area (Å²) in [6, 6.07) is 8.71. The Kier molecular flexibility index (Phi) is 6.48. The Bertz CT molecular complexity index is 1020. The van der Waals surface area contributed by atoms with E-state index in [1.54, 1.807) is 12.1 Å². The Morgan fingerprint density at radius 3 is 2.55 bits per heavy atom. The molecule has 0 bridgehead atoms. The van der Waals surface area contributed by atoms with Crippen molar-refractivity contribution in [1.82, 2.24) is 5.32 Å². The van der Waals surface area contributed by atoms with Gasteiger partial charge in [-0.3, -0.25) is 19.8 Å². The highest BCUT2D eigenvalue weighted by atomic mass is 127. The molecule has 2 aromatic rings. The molecule has 0 atom stereocenters. The van der Waals surface area contributed by atoms with Gasteiger partial charge in [0.15, 0.2) is 16.6 Å². The first kappa shape index (κ1) is 21.2. The average Bonchev–Trinajstić information content (AvgIpc) is 2.68. The van der Waals surface area contributed by atoms with Crippen molar-refractivity contribution in [2.45, 2.75) is 6.92 Å². The Labute approximate surface area is 185 Å². The van der Waals surface area contributed by atoms with Crippen molar-refractivity contribution >= 4 is 63.5 Å². The highest BCUT2D eigenvalue weighted by Crippen LogP contribution is 2.35. The van der Waals surface area contributed by atoms with Crippen LogP contribution in [0, 0.1) is 9.39 Å². The van der Waals surface area contributed by atoms with E-state index in [0.717, 1.165) is 8.47 Å². The quantitative estimate of drug-likeness (QED) is 0.279. The van der Waals surface area contributed by atoms with Gasteiger partial charge in [0.1, 0.15) is 11.4 Å². The smallest absolute Gasteiger partial charge is 0.270 e. The average molecular weight is 526 g/mol. The van der Waals surface area contributed by atoms with Crippen LogP contribution in [0.3, 0.4) is 0 Å². The molecule has 1 fully saturated rings. The molecule has 0 aromatic heterocycles. The van der Waals surface area contributed by atoms with Crippen molar-refractivity contribution in [2.24, 2.45) is 0 Å². The lowest BCUT2D eigenvalue weighted by Crippen LogP contribution is -2.54.